The van der Waals surface area contributed by atoms with Crippen molar-refractivity contribution in [3.8, 4) is 0 Å². The summed E-state index contributed by atoms with van der Waals surface area (Å²) in [5.41, 5.74) is -1.22. The molecule has 1 aromatic rings. The molecule has 1 rings (SSSR count). The van der Waals surface area contributed by atoms with Crippen LogP contribution in [-0.4, -0.2) is 67.6 Å². The van der Waals surface area contributed by atoms with E-state index in [0.717, 1.165) is 0 Å². The minimum atomic E-state index is -4.12. The number of carbonyl (C=O) groups excluding carboxylic acids is 2. The molecule has 0 saturated carbocycles. The molecule has 0 aliphatic rings. The molecule has 11 heteroatoms. The highest BCUT2D eigenvalue weighted by Crippen LogP contribution is 2.32. The molecule has 0 heterocycles. The number of carboxylic acids is 1. The molecular formula is C20H29NO9S. The van der Waals surface area contributed by atoms with E-state index >= 15 is 0 Å². The fraction of sp³-hybridized carbons (Fsp3) is 0.550. The van der Waals surface area contributed by atoms with Gasteiger partial charge in [0.2, 0.25) is 5.91 Å². The molecule has 0 fully saturated rings. The lowest BCUT2D eigenvalue weighted by Crippen LogP contribution is -2.47. The largest absolute Gasteiger partial charge is 0.479 e. The van der Waals surface area contributed by atoms with Crippen LogP contribution in [0.3, 0.4) is 0 Å². The molecule has 31 heavy (non-hydrogen) atoms. The van der Waals surface area contributed by atoms with Crippen molar-refractivity contribution in [3.63, 3.8) is 0 Å². The molecule has 174 valence electrons. The van der Waals surface area contributed by atoms with Gasteiger partial charge in [-0.25, -0.2) is 9.59 Å². The molecule has 0 aliphatic heterocycles. The number of hydrogen-bond donors (Lipinski definition) is 3. The number of benzene rings is 1. The fourth-order valence-electron chi connectivity index (χ4n) is 2.69. The fourth-order valence-corrected chi connectivity index (χ4v) is 3.99. The minimum Gasteiger partial charge on any atom is -0.479 e. The average Bonchev–Trinajstić information content (AvgIpc) is 2.70. The van der Waals surface area contributed by atoms with Gasteiger partial charge in [0.15, 0.2) is 6.10 Å². The van der Waals surface area contributed by atoms with E-state index in [-0.39, 0.29) is 31.9 Å². The molecule has 1 unspecified atom stereocenters. The van der Waals surface area contributed by atoms with Crippen molar-refractivity contribution < 1.29 is 41.9 Å². The lowest BCUT2D eigenvalue weighted by molar-refractivity contribution is -0.158. The number of aliphatic carboxylic acids is 1. The molecule has 0 aliphatic carbocycles. The van der Waals surface area contributed by atoms with Crippen molar-refractivity contribution >= 4 is 28.0 Å². The van der Waals surface area contributed by atoms with Crippen molar-refractivity contribution in [2.45, 2.75) is 45.8 Å². The Balaban J connectivity index is 2.84. The van der Waals surface area contributed by atoms with Crippen molar-refractivity contribution in [3.05, 3.63) is 35.9 Å². The maximum absolute atomic E-state index is 12.4. The van der Waals surface area contributed by atoms with Gasteiger partial charge in [-0.2, -0.15) is 8.42 Å². The number of aliphatic hydroxyl groups is 1. The molecule has 0 radical (unpaired) electrons. The Labute approximate surface area is 181 Å². The summed E-state index contributed by atoms with van der Waals surface area (Å²) in [6.07, 6.45) is -3.29. The Morgan fingerprint density at radius 3 is 2.32 bits per heavy atom. The summed E-state index contributed by atoms with van der Waals surface area (Å²) < 4.78 is 35.1. The van der Waals surface area contributed by atoms with Gasteiger partial charge in [-0.1, -0.05) is 32.0 Å². The number of aliphatic hydroxyl groups excluding tert-OH is 1. The monoisotopic (exact) mass is 459 g/mol. The third kappa shape index (κ3) is 9.03. The van der Waals surface area contributed by atoms with Gasteiger partial charge in [0, 0.05) is 25.3 Å². The summed E-state index contributed by atoms with van der Waals surface area (Å²) in [6.45, 7) is 3.87. The van der Waals surface area contributed by atoms with Crippen LogP contribution in [0.2, 0.25) is 0 Å². The van der Waals surface area contributed by atoms with E-state index in [2.05, 4.69) is 5.32 Å². The van der Waals surface area contributed by atoms with Crippen LogP contribution in [-0.2, 0) is 28.6 Å². The summed E-state index contributed by atoms with van der Waals surface area (Å²) >= 11 is 0. The van der Waals surface area contributed by atoms with Crippen molar-refractivity contribution in [1.29, 1.82) is 0 Å². The smallest absolute Gasteiger partial charge is 0.338 e. The van der Waals surface area contributed by atoms with Crippen molar-refractivity contribution in [1.82, 2.24) is 5.32 Å². The van der Waals surface area contributed by atoms with E-state index in [1.807, 2.05) is 0 Å². The second kappa shape index (κ2) is 11.8. The Bertz CT molecular complexity index is 853. The lowest BCUT2D eigenvalue weighted by atomic mass is 9.79. The minimum absolute atomic E-state index is 0.0829. The molecule has 0 spiro atoms. The number of carbonyl (C=O) groups is 3. The second-order valence-corrected chi connectivity index (χ2v) is 9.25. The van der Waals surface area contributed by atoms with E-state index in [4.69, 9.17) is 8.92 Å². The van der Waals surface area contributed by atoms with Crippen molar-refractivity contribution in [2.75, 3.05) is 18.9 Å². The van der Waals surface area contributed by atoms with Gasteiger partial charge >= 0.3 is 11.9 Å². The zero-order valence-corrected chi connectivity index (χ0v) is 18.6. The molecule has 2 atom stereocenters. The van der Waals surface area contributed by atoms with Gasteiger partial charge in [-0.05, 0) is 18.6 Å². The highest BCUT2D eigenvalue weighted by Gasteiger charge is 2.43. The molecule has 0 aromatic heterocycles. The van der Waals surface area contributed by atoms with Crippen LogP contribution in [0.1, 0.15) is 44.0 Å². The Kier molecular flexibility index (Phi) is 10.1. The van der Waals surface area contributed by atoms with Crippen LogP contribution in [0.15, 0.2) is 30.3 Å². The zero-order valence-electron chi connectivity index (χ0n) is 17.7. The molecule has 0 bridgehead atoms. The van der Waals surface area contributed by atoms with Gasteiger partial charge < -0.3 is 20.3 Å². The van der Waals surface area contributed by atoms with Crippen LogP contribution in [0.5, 0.6) is 0 Å². The number of carboxylic acid groups (broad SMARTS) is 1. The van der Waals surface area contributed by atoms with Gasteiger partial charge in [-0.15, -0.1) is 0 Å². The molecule has 0 saturated heterocycles. The third-order valence-corrected chi connectivity index (χ3v) is 5.91. The van der Waals surface area contributed by atoms with Gasteiger partial charge in [0.1, 0.15) is 0 Å². The predicted molar refractivity (Wildman–Crippen MR) is 111 cm³/mol. The highest BCUT2D eigenvalue weighted by atomic mass is 32.2. The van der Waals surface area contributed by atoms with Crippen LogP contribution in [0.25, 0.3) is 0 Å². The number of amides is 1. The Hall–Kier alpha value is -2.50. The maximum atomic E-state index is 12.4. The third-order valence-electron chi connectivity index (χ3n) is 4.60. The summed E-state index contributed by atoms with van der Waals surface area (Å²) in [4.78, 5) is 34.2. The molecule has 3 N–H and O–H groups in total. The van der Waals surface area contributed by atoms with Crippen LogP contribution in [0.4, 0.5) is 0 Å². The number of hydrogen-bond acceptors (Lipinski definition) is 8. The zero-order chi connectivity index (χ0) is 23.7. The first-order valence-corrected chi connectivity index (χ1v) is 11.2. The second-order valence-electron chi connectivity index (χ2n) is 7.54. The lowest BCUT2D eigenvalue weighted by Gasteiger charge is -2.35. The van der Waals surface area contributed by atoms with E-state index in [1.165, 1.54) is 20.8 Å². The Morgan fingerprint density at radius 1 is 1.16 bits per heavy atom. The van der Waals surface area contributed by atoms with Gasteiger partial charge in [0.05, 0.1) is 24.0 Å². The summed E-state index contributed by atoms with van der Waals surface area (Å²) in [6, 6.07) is 8.14. The highest BCUT2D eigenvalue weighted by molar-refractivity contribution is 7.86. The van der Waals surface area contributed by atoms with Gasteiger partial charge in [-0.3, -0.25) is 8.98 Å². The number of ether oxygens (including phenoxy) is 1. The summed E-state index contributed by atoms with van der Waals surface area (Å²) in [7, 11) is -4.12. The van der Waals surface area contributed by atoms with Crippen LogP contribution >= 0.6 is 0 Å². The number of esters is 1. The summed E-state index contributed by atoms with van der Waals surface area (Å²) in [5.74, 6) is -2.90. The van der Waals surface area contributed by atoms with E-state index in [0.29, 0.717) is 5.56 Å². The molecule has 1 amide bonds. The molecular weight excluding hydrogens is 430 g/mol. The first kappa shape index (κ1) is 26.5. The standard InChI is InChI=1S/C20H29NO9S/c1-14(22)21-11-7-13-31(27,28)30-16(20(2,3)17(23)18(24)25)10-12-29-19(26)15-8-5-4-6-9-15/h4-6,8-9,16-17,23H,7,10-13H2,1-3H3,(H,21,22)(H,24,25)/t16?,17-/m0/s1. The average molecular weight is 460 g/mol. The SMILES string of the molecule is CC(=O)NCCCS(=O)(=O)OC(CCOC(=O)c1ccccc1)C(C)(C)[C@@H](O)C(=O)O. The maximum Gasteiger partial charge on any atom is 0.338 e. The van der Waals surface area contributed by atoms with Crippen molar-refractivity contribution in [2.24, 2.45) is 5.41 Å². The topological polar surface area (TPSA) is 156 Å². The van der Waals surface area contributed by atoms with Crippen LogP contribution < -0.4 is 5.32 Å². The van der Waals surface area contributed by atoms with E-state index in [1.54, 1.807) is 30.3 Å². The number of rotatable bonds is 13. The normalized spacial score (nSPS) is 13.8. The molecule has 10 nitrogen and oxygen atoms in total. The summed E-state index contributed by atoms with van der Waals surface area (Å²) in [5, 5.41) is 21.7. The van der Waals surface area contributed by atoms with Crippen LogP contribution in [0, 0.1) is 5.41 Å². The van der Waals surface area contributed by atoms with E-state index in [9.17, 15) is 33.0 Å². The first-order chi connectivity index (χ1) is 14.4. The quantitative estimate of drug-likeness (QED) is 0.222. The molecule has 1 aromatic carbocycles. The number of nitrogens with one attached hydrogen (secondary N) is 1. The van der Waals surface area contributed by atoms with Gasteiger partial charge in [0.25, 0.3) is 10.1 Å². The Morgan fingerprint density at radius 2 is 1.77 bits per heavy atom. The first-order valence-electron chi connectivity index (χ1n) is 9.65. The van der Waals surface area contributed by atoms with E-state index < -0.39 is 45.4 Å². The predicted octanol–water partition coefficient (Wildman–Crippen LogP) is 0.946.